The average Bonchev–Trinajstić information content (AvgIpc) is 2.87. The fourth-order valence-electron chi connectivity index (χ4n) is 4.03. The maximum atomic E-state index is 5.42. The van der Waals surface area contributed by atoms with Crippen molar-refractivity contribution in [2.75, 3.05) is 26.8 Å². The summed E-state index contributed by atoms with van der Waals surface area (Å²) in [6.45, 7) is 10.2. The standard InChI is InChI=1S/C16H32N2O/c1-5-13(2)15-10-18(14(3)11-19-4)16(12-17-15)8-6-7-9-16/h13-15,17H,5-12H2,1-4H3. The van der Waals surface area contributed by atoms with Crippen LogP contribution >= 0.6 is 0 Å². The second-order valence-electron chi connectivity index (χ2n) is 6.76. The van der Waals surface area contributed by atoms with E-state index >= 15 is 0 Å². The largest absolute Gasteiger partial charge is 0.383 e. The highest BCUT2D eigenvalue weighted by atomic mass is 16.5. The van der Waals surface area contributed by atoms with Crippen molar-refractivity contribution in [1.82, 2.24) is 10.2 Å². The third-order valence-corrected chi connectivity index (χ3v) is 5.50. The zero-order valence-electron chi connectivity index (χ0n) is 13.2. The zero-order chi connectivity index (χ0) is 13.9. The molecule has 1 saturated carbocycles. The fraction of sp³-hybridized carbons (Fsp3) is 1.00. The molecule has 1 saturated heterocycles. The van der Waals surface area contributed by atoms with Crippen LogP contribution in [0.2, 0.25) is 0 Å². The van der Waals surface area contributed by atoms with E-state index in [0.717, 1.165) is 12.5 Å². The summed E-state index contributed by atoms with van der Waals surface area (Å²) in [6, 6.07) is 1.19. The van der Waals surface area contributed by atoms with E-state index in [9.17, 15) is 0 Å². The van der Waals surface area contributed by atoms with Crippen LogP contribution in [0.4, 0.5) is 0 Å². The first-order chi connectivity index (χ1) is 9.13. The van der Waals surface area contributed by atoms with E-state index in [1.165, 1.54) is 45.2 Å². The minimum atomic E-state index is 0.419. The predicted octanol–water partition coefficient (Wildman–Crippen LogP) is 2.65. The van der Waals surface area contributed by atoms with Gasteiger partial charge in [-0.1, -0.05) is 33.1 Å². The molecule has 1 spiro atoms. The van der Waals surface area contributed by atoms with E-state index in [1.807, 2.05) is 7.11 Å². The molecule has 3 heteroatoms. The number of hydrogen-bond acceptors (Lipinski definition) is 3. The first-order valence-electron chi connectivity index (χ1n) is 8.12. The van der Waals surface area contributed by atoms with E-state index in [1.54, 1.807) is 0 Å². The Hall–Kier alpha value is -0.120. The van der Waals surface area contributed by atoms with Crippen LogP contribution in [0.15, 0.2) is 0 Å². The minimum Gasteiger partial charge on any atom is -0.383 e. The molecule has 1 heterocycles. The fourth-order valence-corrected chi connectivity index (χ4v) is 4.03. The van der Waals surface area contributed by atoms with Gasteiger partial charge in [0.25, 0.3) is 0 Å². The van der Waals surface area contributed by atoms with Crippen LogP contribution in [0, 0.1) is 5.92 Å². The van der Waals surface area contributed by atoms with Gasteiger partial charge in [0.2, 0.25) is 0 Å². The van der Waals surface area contributed by atoms with E-state index in [-0.39, 0.29) is 0 Å². The monoisotopic (exact) mass is 268 g/mol. The van der Waals surface area contributed by atoms with Gasteiger partial charge in [-0.05, 0) is 25.7 Å². The SMILES string of the molecule is CCC(C)C1CN(C(C)COC)C2(CCCC2)CN1. The maximum absolute atomic E-state index is 5.42. The van der Waals surface area contributed by atoms with Crippen molar-refractivity contribution in [3.63, 3.8) is 0 Å². The number of methoxy groups -OCH3 is 1. The summed E-state index contributed by atoms with van der Waals surface area (Å²) >= 11 is 0. The highest BCUT2D eigenvalue weighted by molar-refractivity contribution is 5.04. The summed E-state index contributed by atoms with van der Waals surface area (Å²) in [7, 11) is 1.83. The Bertz CT molecular complexity index is 276. The first-order valence-corrected chi connectivity index (χ1v) is 8.12. The van der Waals surface area contributed by atoms with Crippen LogP contribution < -0.4 is 5.32 Å². The van der Waals surface area contributed by atoms with Gasteiger partial charge in [-0.2, -0.15) is 0 Å². The van der Waals surface area contributed by atoms with Gasteiger partial charge in [-0.15, -0.1) is 0 Å². The number of piperazine rings is 1. The summed E-state index contributed by atoms with van der Waals surface area (Å²) in [4.78, 5) is 2.77. The molecule has 2 rings (SSSR count). The molecule has 19 heavy (non-hydrogen) atoms. The van der Waals surface area contributed by atoms with E-state index in [2.05, 4.69) is 31.0 Å². The van der Waals surface area contributed by atoms with E-state index in [4.69, 9.17) is 4.74 Å². The van der Waals surface area contributed by atoms with Crippen molar-refractivity contribution in [1.29, 1.82) is 0 Å². The molecular formula is C16H32N2O. The van der Waals surface area contributed by atoms with E-state index < -0.39 is 0 Å². The smallest absolute Gasteiger partial charge is 0.0615 e. The molecule has 1 N–H and O–H groups in total. The van der Waals surface area contributed by atoms with Crippen LogP contribution in [0.1, 0.15) is 52.9 Å². The second-order valence-corrected chi connectivity index (χ2v) is 6.76. The Kier molecular flexibility index (Phi) is 5.27. The number of nitrogens with zero attached hydrogens (tertiary/aromatic N) is 1. The average molecular weight is 268 g/mol. The Morgan fingerprint density at radius 3 is 2.58 bits per heavy atom. The van der Waals surface area contributed by atoms with Crippen LogP contribution in [-0.4, -0.2) is 49.3 Å². The molecular weight excluding hydrogens is 236 g/mol. The first kappa shape index (κ1) is 15.3. The molecule has 0 aromatic heterocycles. The summed E-state index contributed by atoms with van der Waals surface area (Å²) in [6.07, 6.45) is 6.78. The highest BCUT2D eigenvalue weighted by Gasteiger charge is 2.45. The zero-order valence-corrected chi connectivity index (χ0v) is 13.2. The molecule has 112 valence electrons. The molecule has 0 amide bonds. The summed E-state index contributed by atoms with van der Waals surface area (Å²) in [5, 5.41) is 3.85. The van der Waals surface area contributed by atoms with Crippen LogP contribution in [0.25, 0.3) is 0 Å². The van der Waals surface area contributed by atoms with Crippen molar-refractivity contribution < 1.29 is 4.74 Å². The normalized spacial score (nSPS) is 30.6. The van der Waals surface area contributed by atoms with Crippen molar-refractivity contribution in [2.45, 2.75) is 70.5 Å². The van der Waals surface area contributed by atoms with Gasteiger partial charge in [0.1, 0.15) is 0 Å². The van der Waals surface area contributed by atoms with Crippen molar-refractivity contribution >= 4 is 0 Å². The third-order valence-electron chi connectivity index (χ3n) is 5.50. The molecule has 0 aromatic rings. The lowest BCUT2D eigenvalue weighted by Gasteiger charge is -2.52. The van der Waals surface area contributed by atoms with Crippen LogP contribution in [0.5, 0.6) is 0 Å². The van der Waals surface area contributed by atoms with Gasteiger partial charge >= 0.3 is 0 Å². The molecule has 0 radical (unpaired) electrons. The summed E-state index contributed by atoms with van der Waals surface area (Å²) < 4.78 is 5.42. The maximum Gasteiger partial charge on any atom is 0.0615 e. The van der Waals surface area contributed by atoms with Crippen LogP contribution in [-0.2, 0) is 4.74 Å². The van der Waals surface area contributed by atoms with Crippen molar-refractivity contribution in [3.8, 4) is 0 Å². The van der Waals surface area contributed by atoms with Crippen molar-refractivity contribution in [3.05, 3.63) is 0 Å². The molecule has 3 nitrogen and oxygen atoms in total. The van der Waals surface area contributed by atoms with Gasteiger partial charge < -0.3 is 10.1 Å². The molecule has 0 bridgehead atoms. The third kappa shape index (κ3) is 3.14. The lowest BCUT2D eigenvalue weighted by molar-refractivity contribution is -0.0232. The number of ether oxygens (including phenoxy) is 1. The molecule has 3 atom stereocenters. The molecule has 1 aliphatic heterocycles. The van der Waals surface area contributed by atoms with Gasteiger partial charge in [-0.25, -0.2) is 0 Å². The number of hydrogen-bond donors (Lipinski definition) is 1. The summed E-state index contributed by atoms with van der Waals surface area (Å²) in [5.41, 5.74) is 0.419. The van der Waals surface area contributed by atoms with Gasteiger partial charge in [0.15, 0.2) is 0 Å². The number of nitrogens with one attached hydrogen (secondary N) is 1. The Morgan fingerprint density at radius 1 is 1.32 bits per heavy atom. The minimum absolute atomic E-state index is 0.419. The van der Waals surface area contributed by atoms with Crippen molar-refractivity contribution in [2.24, 2.45) is 5.92 Å². The Labute approximate surface area is 119 Å². The van der Waals surface area contributed by atoms with Gasteiger partial charge in [0, 0.05) is 37.8 Å². The van der Waals surface area contributed by atoms with Crippen LogP contribution in [0.3, 0.4) is 0 Å². The quantitative estimate of drug-likeness (QED) is 0.829. The Balaban J connectivity index is 2.09. The Morgan fingerprint density at radius 2 is 2.00 bits per heavy atom. The highest BCUT2D eigenvalue weighted by Crippen LogP contribution is 2.38. The molecule has 2 fully saturated rings. The molecule has 1 aliphatic carbocycles. The predicted molar refractivity (Wildman–Crippen MR) is 80.5 cm³/mol. The molecule has 3 unspecified atom stereocenters. The van der Waals surface area contributed by atoms with Gasteiger partial charge in [0.05, 0.1) is 6.61 Å². The summed E-state index contributed by atoms with van der Waals surface area (Å²) in [5.74, 6) is 0.760. The van der Waals surface area contributed by atoms with Gasteiger partial charge in [-0.3, -0.25) is 4.90 Å². The number of rotatable bonds is 5. The molecule has 0 aromatic carbocycles. The van der Waals surface area contributed by atoms with E-state index in [0.29, 0.717) is 17.6 Å². The molecule has 2 aliphatic rings. The lowest BCUT2D eigenvalue weighted by Crippen LogP contribution is -2.67. The topological polar surface area (TPSA) is 24.5 Å². The second kappa shape index (κ2) is 6.55. The lowest BCUT2D eigenvalue weighted by atomic mass is 9.86.